The maximum Gasteiger partial charge on any atom is 0.216 e. The van der Waals surface area contributed by atoms with Gasteiger partial charge in [-0.25, -0.2) is 14.6 Å². The molecule has 114 valence electrons. The SMILES string of the molecule is Cc1nc(C(C)O)n(Cc2ncc(-c3ccccc3Br)o2)n1. The molecule has 2 heterocycles. The Bertz CT molecular complexity index is 794. The minimum absolute atomic E-state index is 0.325. The summed E-state index contributed by atoms with van der Waals surface area (Å²) >= 11 is 3.49. The van der Waals surface area contributed by atoms with Crippen molar-refractivity contribution < 1.29 is 9.52 Å². The minimum atomic E-state index is -0.695. The zero-order valence-electron chi connectivity index (χ0n) is 12.2. The molecule has 0 saturated heterocycles. The number of hydrogen-bond acceptors (Lipinski definition) is 5. The second-order valence-electron chi connectivity index (χ2n) is 4.95. The Labute approximate surface area is 136 Å². The van der Waals surface area contributed by atoms with Crippen LogP contribution in [0.5, 0.6) is 0 Å². The lowest BCUT2D eigenvalue weighted by Crippen LogP contribution is -2.09. The Morgan fingerprint density at radius 3 is 2.86 bits per heavy atom. The molecule has 6 nitrogen and oxygen atoms in total. The highest BCUT2D eigenvalue weighted by atomic mass is 79.9. The molecule has 1 unspecified atom stereocenters. The monoisotopic (exact) mass is 362 g/mol. The molecular weight excluding hydrogens is 348 g/mol. The third-order valence-electron chi connectivity index (χ3n) is 3.16. The molecule has 2 aromatic heterocycles. The van der Waals surface area contributed by atoms with Crippen molar-refractivity contribution in [3.8, 4) is 11.3 Å². The molecule has 22 heavy (non-hydrogen) atoms. The van der Waals surface area contributed by atoms with Gasteiger partial charge >= 0.3 is 0 Å². The Balaban J connectivity index is 1.88. The van der Waals surface area contributed by atoms with Gasteiger partial charge in [0.2, 0.25) is 5.89 Å². The third-order valence-corrected chi connectivity index (χ3v) is 3.85. The molecule has 0 aliphatic carbocycles. The molecule has 1 atom stereocenters. The number of benzene rings is 1. The maximum atomic E-state index is 9.73. The normalized spacial score (nSPS) is 12.5. The molecule has 0 aliphatic heterocycles. The minimum Gasteiger partial charge on any atom is -0.439 e. The van der Waals surface area contributed by atoms with Gasteiger partial charge in [0.25, 0.3) is 0 Å². The largest absolute Gasteiger partial charge is 0.439 e. The summed E-state index contributed by atoms with van der Waals surface area (Å²) in [6.45, 7) is 3.76. The average molecular weight is 363 g/mol. The molecule has 0 saturated carbocycles. The lowest BCUT2D eigenvalue weighted by molar-refractivity contribution is 0.182. The Morgan fingerprint density at radius 2 is 2.14 bits per heavy atom. The molecule has 0 aliphatic rings. The summed E-state index contributed by atoms with van der Waals surface area (Å²) in [5, 5.41) is 14.0. The third kappa shape index (κ3) is 2.95. The van der Waals surface area contributed by atoms with Gasteiger partial charge in [-0.05, 0) is 19.9 Å². The predicted molar refractivity (Wildman–Crippen MR) is 84.1 cm³/mol. The lowest BCUT2D eigenvalue weighted by Gasteiger charge is -2.05. The first kappa shape index (κ1) is 14.9. The number of hydrogen-bond donors (Lipinski definition) is 1. The zero-order valence-corrected chi connectivity index (χ0v) is 13.8. The second-order valence-corrected chi connectivity index (χ2v) is 5.80. The highest BCUT2D eigenvalue weighted by Crippen LogP contribution is 2.28. The quantitative estimate of drug-likeness (QED) is 0.771. The van der Waals surface area contributed by atoms with Gasteiger partial charge in [-0.3, -0.25) is 0 Å². The van der Waals surface area contributed by atoms with E-state index in [1.165, 1.54) is 0 Å². The first-order valence-electron chi connectivity index (χ1n) is 6.83. The molecule has 0 radical (unpaired) electrons. The number of oxazole rings is 1. The summed E-state index contributed by atoms with van der Waals surface area (Å²) in [7, 11) is 0. The van der Waals surface area contributed by atoms with E-state index in [4.69, 9.17) is 4.42 Å². The number of rotatable bonds is 4. The van der Waals surface area contributed by atoms with Crippen LogP contribution in [-0.4, -0.2) is 24.9 Å². The smallest absolute Gasteiger partial charge is 0.216 e. The van der Waals surface area contributed by atoms with E-state index in [2.05, 4.69) is 31.0 Å². The van der Waals surface area contributed by atoms with Crippen LogP contribution in [0.4, 0.5) is 0 Å². The van der Waals surface area contributed by atoms with Crippen LogP contribution < -0.4 is 0 Å². The van der Waals surface area contributed by atoms with Crippen LogP contribution in [0.3, 0.4) is 0 Å². The van der Waals surface area contributed by atoms with Crippen LogP contribution in [0.2, 0.25) is 0 Å². The highest BCUT2D eigenvalue weighted by molar-refractivity contribution is 9.10. The molecule has 0 bridgehead atoms. The fourth-order valence-corrected chi connectivity index (χ4v) is 2.67. The number of aliphatic hydroxyl groups excluding tert-OH is 1. The van der Waals surface area contributed by atoms with E-state index in [1.54, 1.807) is 24.7 Å². The van der Waals surface area contributed by atoms with E-state index < -0.39 is 6.10 Å². The van der Waals surface area contributed by atoms with Gasteiger partial charge in [-0.2, -0.15) is 5.10 Å². The van der Waals surface area contributed by atoms with Gasteiger partial charge in [0.05, 0.1) is 6.20 Å². The molecule has 3 aromatic rings. The maximum absolute atomic E-state index is 9.73. The van der Waals surface area contributed by atoms with Crippen LogP contribution >= 0.6 is 15.9 Å². The second kappa shape index (κ2) is 6.02. The first-order chi connectivity index (χ1) is 10.5. The van der Waals surface area contributed by atoms with E-state index in [9.17, 15) is 5.11 Å². The van der Waals surface area contributed by atoms with Crippen molar-refractivity contribution in [2.24, 2.45) is 0 Å². The molecular formula is C15H15BrN4O2. The van der Waals surface area contributed by atoms with E-state index in [0.717, 1.165) is 10.0 Å². The summed E-state index contributed by atoms with van der Waals surface area (Å²) in [4.78, 5) is 8.49. The van der Waals surface area contributed by atoms with Crippen molar-refractivity contribution in [1.82, 2.24) is 19.7 Å². The zero-order chi connectivity index (χ0) is 15.7. The predicted octanol–water partition coefficient (Wildman–Crippen LogP) is 3.11. The van der Waals surface area contributed by atoms with Crippen LogP contribution in [0.15, 0.2) is 39.4 Å². The molecule has 1 N–H and O–H groups in total. The molecule has 3 rings (SSSR count). The van der Waals surface area contributed by atoms with Crippen molar-refractivity contribution in [3.05, 3.63) is 52.5 Å². The number of halogens is 1. The number of nitrogens with zero attached hydrogens (tertiary/aromatic N) is 4. The Morgan fingerprint density at radius 1 is 1.36 bits per heavy atom. The number of aliphatic hydroxyl groups is 1. The van der Waals surface area contributed by atoms with Crippen molar-refractivity contribution in [3.63, 3.8) is 0 Å². The van der Waals surface area contributed by atoms with Crippen LogP contribution in [-0.2, 0) is 6.54 Å². The average Bonchev–Trinajstić information content (AvgIpc) is 3.07. The van der Waals surface area contributed by atoms with E-state index in [-0.39, 0.29) is 0 Å². The highest BCUT2D eigenvalue weighted by Gasteiger charge is 2.15. The molecule has 0 fully saturated rings. The van der Waals surface area contributed by atoms with Crippen molar-refractivity contribution in [2.45, 2.75) is 26.5 Å². The Kier molecular flexibility index (Phi) is 4.08. The van der Waals surface area contributed by atoms with Crippen molar-refractivity contribution >= 4 is 15.9 Å². The van der Waals surface area contributed by atoms with Gasteiger partial charge in [-0.15, -0.1) is 0 Å². The standard InChI is InChI=1S/C15H15BrN4O2/c1-9(21)15-18-10(2)19-20(15)8-14-17-7-13(22-14)11-5-3-4-6-12(11)16/h3-7,9,21H,8H2,1-2H3. The Hall–Kier alpha value is -1.99. The summed E-state index contributed by atoms with van der Waals surface area (Å²) < 4.78 is 8.34. The van der Waals surface area contributed by atoms with Crippen LogP contribution in [0, 0.1) is 6.92 Å². The van der Waals surface area contributed by atoms with Gasteiger partial charge in [0.1, 0.15) is 18.5 Å². The number of aryl methyl sites for hydroxylation is 1. The summed E-state index contributed by atoms with van der Waals surface area (Å²) in [5.74, 6) is 2.29. The molecule has 1 aromatic carbocycles. The van der Waals surface area contributed by atoms with E-state index in [1.807, 2.05) is 24.3 Å². The molecule has 0 amide bonds. The summed E-state index contributed by atoms with van der Waals surface area (Å²) in [6.07, 6.45) is 0.986. The molecule has 0 spiro atoms. The molecule has 7 heteroatoms. The van der Waals surface area contributed by atoms with Crippen LogP contribution in [0.25, 0.3) is 11.3 Å². The summed E-state index contributed by atoms with van der Waals surface area (Å²) in [5.41, 5.74) is 0.937. The van der Waals surface area contributed by atoms with Crippen LogP contribution in [0.1, 0.15) is 30.6 Å². The van der Waals surface area contributed by atoms with Gasteiger partial charge < -0.3 is 9.52 Å². The van der Waals surface area contributed by atoms with Gasteiger partial charge in [0.15, 0.2) is 11.6 Å². The fourth-order valence-electron chi connectivity index (χ4n) is 2.19. The topological polar surface area (TPSA) is 77.0 Å². The van der Waals surface area contributed by atoms with E-state index >= 15 is 0 Å². The van der Waals surface area contributed by atoms with E-state index in [0.29, 0.717) is 29.8 Å². The van der Waals surface area contributed by atoms with Gasteiger partial charge in [0, 0.05) is 10.0 Å². The summed E-state index contributed by atoms with van der Waals surface area (Å²) in [6, 6.07) is 7.78. The van der Waals surface area contributed by atoms with Gasteiger partial charge in [-0.1, -0.05) is 34.1 Å². The van der Waals surface area contributed by atoms with Crippen molar-refractivity contribution in [1.29, 1.82) is 0 Å². The first-order valence-corrected chi connectivity index (χ1v) is 7.63. The lowest BCUT2D eigenvalue weighted by atomic mass is 10.2. The fraction of sp³-hybridized carbons (Fsp3) is 0.267. The number of aromatic nitrogens is 4. The van der Waals surface area contributed by atoms with Crippen molar-refractivity contribution in [2.75, 3.05) is 0 Å².